The number of nitrogens with zero attached hydrogens (tertiary/aromatic N) is 3. The van der Waals surface area contributed by atoms with Crippen LogP contribution in [0.3, 0.4) is 0 Å². The van der Waals surface area contributed by atoms with Gasteiger partial charge in [0.05, 0.1) is 5.69 Å². The smallest absolute Gasteiger partial charge is 0.0641 e. The second-order valence-corrected chi connectivity index (χ2v) is 5.25. The number of rotatable bonds is 4. The van der Waals surface area contributed by atoms with E-state index in [2.05, 4.69) is 42.4 Å². The van der Waals surface area contributed by atoms with Crippen molar-refractivity contribution >= 4 is 0 Å². The first kappa shape index (κ1) is 12.6. The molecular weight excluding hydrogens is 212 g/mol. The molecule has 96 valence electrons. The molecule has 1 N–H and O–H groups in total. The van der Waals surface area contributed by atoms with Crippen LogP contribution in [0.25, 0.3) is 0 Å². The van der Waals surface area contributed by atoms with Crippen molar-refractivity contribution in [3.8, 4) is 0 Å². The predicted octanol–water partition coefficient (Wildman–Crippen LogP) is 1.47. The highest BCUT2D eigenvalue weighted by Crippen LogP contribution is 2.22. The Kier molecular flexibility index (Phi) is 3.84. The van der Waals surface area contributed by atoms with Crippen molar-refractivity contribution in [3.05, 3.63) is 17.5 Å². The highest BCUT2D eigenvalue weighted by molar-refractivity contribution is 5.19. The van der Waals surface area contributed by atoms with Crippen molar-refractivity contribution in [2.45, 2.75) is 38.8 Å². The second-order valence-electron chi connectivity index (χ2n) is 5.25. The normalized spacial score (nSPS) is 22.3. The van der Waals surface area contributed by atoms with Crippen LogP contribution in [0.15, 0.2) is 6.20 Å². The summed E-state index contributed by atoms with van der Waals surface area (Å²) in [7, 11) is 4.19. The summed E-state index contributed by atoms with van der Waals surface area (Å²) in [6, 6.07) is 1.10. The number of nitrogens with one attached hydrogen (secondary N) is 1. The Labute approximate surface area is 104 Å². The van der Waals surface area contributed by atoms with Crippen molar-refractivity contribution in [1.29, 1.82) is 0 Å². The number of hydrogen-bond donors (Lipinski definition) is 1. The van der Waals surface area contributed by atoms with Crippen molar-refractivity contribution in [2.75, 3.05) is 20.1 Å². The fourth-order valence-electron chi connectivity index (χ4n) is 2.68. The molecule has 0 aromatic carbocycles. The van der Waals surface area contributed by atoms with Gasteiger partial charge in [-0.3, -0.25) is 9.58 Å². The van der Waals surface area contributed by atoms with Gasteiger partial charge in [0.15, 0.2) is 0 Å². The topological polar surface area (TPSA) is 33.1 Å². The highest BCUT2D eigenvalue weighted by atomic mass is 15.3. The van der Waals surface area contributed by atoms with Crippen LogP contribution in [-0.4, -0.2) is 40.9 Å². The molecule has 2 heterocycles. The Hall–Kier alpha value is -0.870. The Morgan fingerprint density at radius 1 is 1.65 bits per heavy atom. The molecule has 0 aliphatic carbocycles. The first-order chi connectivity index (χ1) is 8.08. The van der Waals surface area contributed by atoms with Gasteiger partial charge in [0.2, 0.25) is 0 Å². The zero-order chi connectivity index (χ0) is 12.4. The molecule has 0 radical (unpaired) electrons. The monoisotopic (exact) mass is 236 g/mol. The number of likely N-dealkylation sites (N-methyl/N-ethyl adjacent to an activating group) is 1. The maximum absolute atomic E-state index is 4.42. The molecule has 0 spiro atoms. The summed E-state index contributed by atoms with van der Waals surface area (Å²) in [4.78, 5) is 2.42. The van der Waals surface area contributed by atoms with E-state index < -0.39 is 0 Å². The number of aryl methyl sites for hydroxylation is 2. The fourth-order valence-corrected chi connectivity index (χ4v) is 2.68. The maximum Gasteiger partial charge on any atom is 0.0641 e. The van der Waals surface area contributed by atoms with Crippen LogP contribution in [0.5, 0.6) is 0 Å². The van der Waals surface area contributed by atoms with E-state index in [9.17, 15) is 0 Å². The summed E-state index contributed by atoms with van der Waals surface area (Å²) in [5.41, 5.74) is 2.49. The molecule has 1 aromatic heterocycles. The average molecular weight is 236 g/mol. The van der Waals surface area contributed by atoms with E-state index >= 15 is 0 Å². The lowest BCUT2D eigenvalue weighted by molar-refractivity contribution is 0.237. The average Bonchev–Trinajstić information content (AvgIpc) is 2.87. The molecular formula is C13H24N4. The third-order valence-electron chi connectivity index (χ3n) is 3.83. The molecule has 1 fully saturated rings. The summed E-state index contributed by atoms with van der Waals surface area (Å²) in [5, 5.41) is 7.97. The second kappa shape index (κ2) is 5.19. The Balaban J connectivity index is 1.98. The molecule has 2 unspecified atom stereocenters. The molecule has 2 rings (SSSR count). The van der Waals surface area contributed by atoms with Gasteiger partial charge in [0.1, 0.15) is 0 Å². The summed E-state index contributed by atoms with van der Waals surface area (Å²) < 4.78 is 1.91. The van der Waals surface area contributed by atoms with Crippen LogP contribution in [0.1, 0.15) is 37.1 Å². The minimum Gasteiger partial charge on any atom is -0.313 e. The molecule has 1 aromatic rings. The SMILES string of the molecule is Cc1nn(C)cc1C(C)N(C)CC1CCCN1. The van der Waals surface area contributed by atoms with E-state index in [0.29, 0.717) is 12.1 Å². The highest BCUT2D eigenvalue weighted by Gasteiger charge is 2.21. The predicted molar refractivity (Wildman–Crippen MR) is 70.0 cm³/mol. The lowest BCUT2D eigenvalue weighted by Crippen LogP contribution is -2.36. The molecule has 2 atom stereocenters. The molecule has 0 bridgehead atoms. The van der Waals surface area contributed by atoms with Crippen LogP contribution in [0.2, 0.25) is 0 Å². The molecule has 1 aliphatic rings. The van der Waals surface area contributed by atoms with Gasteiger partial charge in [0.25, 0.3) is 0 Å². The Bertz CT molecular complexity index is 365. The summed E-state index contributed by atoms with van der Waals surface area (Å²) in [6.07, 6.45) is 4.76. The fraction of sp³-hybridized carbons (Fsp3) is 0.769. The number of hydrogen-bond acceptors (Lipinski definition) is 3. The molecule has 17 heavy (non-hydrogen) atoms. The van der Waals surface area contributed by atoms with E-state index in [1.807, 2.05) is 11.7 Å². The zero-order valence-corrected chi connectivity index (χ0v) is 11.4. The molecule has 4 heteroatoms. The van der Waals surface area contributed by atoms with Gasteiger partial charge in [-0.15, -0.1) is 0 Å². The van der Waals surface area contributed by atoms with Gasteiger partial charge in [-0.2, -0.15) is 5.10 Å². The van der Waals surface area contributed by atoms with Crippen molar-refractivity contribution < 1.29 is 0 Å². The third kappa shape index (κ3) is 2.87. The largest absolute Gasteiger partial charge is 0.313 e. The van der Waals surface area contributed by atoms with Crippen LogP contribution in [0.4, 0.5) is 0 Å². The number of aromatic nitrogens is 2. The molecule has 1 aliphatic heterocycles. The van der Waals surface area contributed by atoms with Crippen LogP contribution < -0.4 is 5.32 Å². The standard InChI is InChI=1S/C13H24N4/c1-10-13(9-17(4)15-10)11(2)16(3)8-12-6-5-7-14-12/h9,11-12,14H,5-8H2,1-4H3. The van der Waals surface area contributed by atoms with E-state index in [0.717, 1.165) is 12.2 Å². The van der Waals surface area contributed by atoms with Crippen LogP contribution in [-0.2, 0) is 7.05 Å². The first-order valence-corrected chi connectivity index (χ1v) is 6.51. The Morgan fingerprint density at radius 2 is 2.41 bits per heavy atom. The summed E-state index contributed by atoms with van der Waals surface area (Å²) in [6.45, 7) is 6.65. The van der Waals surface area contributed by atoms with Crippen molar-refractivity contribution in [2.24, 2.45) is 7.05 Å². The summed E-state index contributed by atoms with van der Waals surface area (Å²) >= 11 is 0. The van der Waals surface area contributed by atoms with E-state index in [1.54, 1.807) is 0 Å². The first-order valence-electron chi connectivity index (χ1n) is 6.51. The molecule has 4 nitrogen and oxygen atoms in total. The molecule has 0 saturated carbocycles. The Morgan fingerprint density at radius 3 is 2.94 bits per heavy atom. The van der Waals surface area contributed by atoms with Gasteiger partial charge in [-0.25, -0.2) is 0 Å². The zero-order valence-electron chi connectivity index (χ0n) is 11.4. The molecule has 1 saturated heterocycles. The minimum atomic E-state index is 0.436. The maximum atomic E-state index is 4.42. The van der Waals surface area contributed by atoms with Gasteiger partial charge in [0, 0.05) is 37.4 Å². The quantitative estimate of drug-likeness (QED) is 0.859. The van der Waals surface area contributed by atoms with Crippen molar-refractivity contribution in [3.63, 3.8) is 0 Å². The lowest BCUT2D eigenvalue weighted by Gasteiger charge is -2.27. The van der Waals surface area contributed by atoms with E-state index in [1.165, 1.54) is 24.9 Å². The van der Waals surface area contributed by atoms with Crippen LogP contribution >= 0.6 is 0 Å². The minimum absolute atomic E-state index is 0.436. The molecule has 0 amide bonds. The van der Waals surface area contributed by atoms with E-state index in [-0.39, 0.29) is 0 Å². The van der Waals surface area contributed by atoms with Gasteiger partial charge in [-0.05, 0) is 40.3 Å². The van der Waals surface area contributed by atoms with Gasteiger partial charge in [-0.1, -0.05) is 0 Å². The van der Waals surface area contributed by atoms with E-state index in [4.69, 9.17) is 0 Å². The van der Waals surface area contributed by atoms with Gasteiger partial charge < -0.3 is 5.32 Å². The third-order valence-corrected chi connectivity index (χ3v) is 3.83. The van der Waals surface area contributed by atoms with Gasteiger partial charge >= 0.3 is 0 Å². The summed E-state index contributed by atoms with van der Waals surface area (Å²) in [5.74, 6) is 0. The van der Waals surface area contributed by atoms with Crippen LogP contribution in [0, 0.1) is 6.92 Å². The van der Waals surface area contributed by atoms with Crippen molar-refractivity contribution in [1.82, 2.24) is 20.0 Å². The lowest BCUT2D eigenvalue weighted by atomic mass is 10.1.